The van der Waals surface area contributed by atoms with Crippen LogP contribution in [-0.2, 0) is 9.59 Å². The van der Waals surface area contributed by atoms with Gasteiger partial charge in [-0.2, -0.15) is 0 Å². The zero-order valence-electron chi connectivity index (χ0n) is 22.6. The summed E-state index contributed by atoms with van der Waals surface area (Å²) in [6, 6.07) is 3.94. The third-order valence-corrected chi connectivity index (χ3v) is 6.34. The fraction of sp³-hybridized carbons (Fsp3) is 0.690. The Morgan fingerprint density at radius 1 is 0.676 bits per heavy atom. The quantitative estimate of drug-likeness (QED) is 0.138. The predicted octanol–water partition coefficient (Wildman–Crippen LogP) is 6.64. The Labute approximate surface area is 222 Å². The number of rotatable bonds is 23. The Bertz CT molecular complexity index is 780. The van der Waals surface area contributed by atoms with Gasteiger partial charge >= 0.3 is 11.9 Å². The molecule has 1 rings (SSSR count). The summed E-state index contributed by atoms with van der Waals surface area (Å²) in [6.45, 7) is 1.18. The Morgan fingerprint density at radius 3 is 1.54 bits per heavy atom. The van der Waals surface area contributed by atoms with Gasteiger partial charge in [0.2, 0.25) is 0 Å². The molecule has 0 atom stereocenters. The van der Waals surface area contributed by atoms with Gasteiger partial charge in [-0.3, -0.25) is 14.4 Å². The maximum Gasteiger partial charge on any atom is 0.323 e. The van der Waals surface area contributed by atoms with Crippen LogP contribution in [0.1, 0.15) is 120 Å². The van der Waals surface area contributed by atoms with Crippen LogP contribution in [0.4, 0.5) is 0 Å². The summed E-state index contributed by atoms with van der Waals surface area (Å²) in [7, 11) is 0. The van der Waals surface area contributed by atoms with E-state index >= 15 is 0 Å². The molecular formula is C29H47NO7. The number of unbranched alkanes of at least 4 members (excludes halogenated alkanes) is 15. The normalized spacial score (nSPS) is 10.8. The molecule has 0 aromatic heterocycles. The summed E-state index contributed by atoms with van der Waals surface area (Å²) in [5.74, 6) is -3.37. The topological polar surface area (TPSA) is 124 Å². The lowest BCUT2D eigenvalue weighted by atomic mass is 10.0. The highest BCUT2D eigenvalue weighted by Crippen LogP contribution is 2.23. The van der Waals surface area contributed by atoms with Gasteiger partial charge in [0, 0.05) is 11.6 Å². The summed E-state index contributed by atoms with van der Waals surface area (Å²) in [4.78, 5) is 35.2. The first-order chi connectivity index (χ1) is 17.8. The molecule has 0 saturated heterocycles. The van der Waals surface area contributed by atoms with Crippen molar-refractivity contribution in [2.24, 2.45) is 0 Å². The lowest BCUT2D eigenvalue weighted by Crippen LogP contribution is -2.39. The first-order valence-electron chi connectivity index (χ1n) is 14.0. The number of nitrogens with zero attached hydrogens (tertiary/aromatic N) is 1. The van der Waals surface area contributed by atoms with E-state index < -0.39 is 30.9 Å². The molecule has 0 bridgehead atoms. The molecule has 0 unspecified atom stereocenters. The number of phenols is 1. The van der Waals surface area contributed by atoms with Crippen LogP contribution in [0.25, 0.3) is 0 Å². The molecule has 8 heteroatoms. The largest absolute Gasteiger partial charge is 0.508 e. The van der Waals surface area contributed by atoms with Gasteiger partial charge < -0.3 is 25.0 Å². The molecular weight excluding hydrogens is 474 g/mol. The number of ether oxygens (including phenoxy) is 1. The number of benzene rings is 1. The average molecular weight is 522 g/mol. The molecule has 0 radical (unpaired) electrons. The number of carbonyl (C=O) groups is 3. The molecule has 3 N–H and O–H groups in total. The fourth-order valence-corrected chi connectivity index (χ4v) is 4.34. The first-order valence-corrected chi connectivity index (χ1v) is 14.0. The van der Waals surface area contributed by atoms with Gasteiger partial charge in [-0.15, -0.1) is 0 Å². The second-order valence-corrected chi connectivity index (χ2v) is 9.82. The van der Waals surface area contributed by atoms with E-state index in [1.165, 1.54) is 102 Å². The van der Waals surface area contributed by atoms with E-state index in [2.05, 4.69) is 6.92 Å². The summed E-state index contributed by atoms with van der Waals surface area (Å²) in [5, 5.41) is 27.9. The lowest BCUT2D eigenvalue weighted by molar-refractivity contribution is -0.140. The molecule has 0 saturated carbocycles. The number of carboxylic acid groups (broad SMARTS) is 2. The Balaban J connectivity index is 2.18. The number of hydrogen-bond acceptors (Lipinski definition) is 5. The lowest BCUT2D eigenvalue weighted by Gasteiger charge is -2.19. The van der Waals surface area contributed by atoms with Gasteiger partial charge in [-0.05, 0) is 18.6 Å². The van der Waals surface area contributed by atoms with Crippen molar-refractivity contribution in [3.63, 3.8) is 0 Å². The highest BCUT2D eigenvalue weighted by Gasteiger charge is 2.22. The molecule has 1 amide bonds. The molecule has 0 aliphatic heterocycles. The molecule has 1 aromatic carbocycles. The number of aromatic hydroxyl groups is 1. The van der Waals surface area contributed by atoms with E-state index in [-0.39, 0.29) is 17.1 Å². The Kier molecular flexibility index (Phi) is 17.7. The van der Waals surface area contributed by atoms with Crippen molar-refractivity contribution in [2.75, 3.05) is 19.7 Å². The minimum atomic E-state index is -1.32. The van der Waals surface area contributed by atoms with Gasteiger partial charge in [0.25, 0.3) is 5.91 Å². The highest BCUT2D eigenvalue weighted by atomic mass is 16.5. The van der Waals surface area contributed by atoms with Gasteiger partial charge in [-0.25, -0.2) is 0 Å². The molecule has 0 aliphatic carbocycles. The van der Waals surface area contributed by atoms with Crippen molar-refractivity contribution in [1.29, 1.82) is 0 Å². The maximum atomic E-state index is 12.6. The number of phenolic OH excluding ortho intramolecular Hbond substituents is 1. The van der Waals surface area contributed by atoms with Crippen molar-refractivity contribution >= 4 is 17.8 Å². The van der Waals surface area contributed by atoms with E-state index in [0.717, 1.165) is 19.3 Å². The van der Waals surface area contributed by atoms with Crippen LogP contribution >= 0.6 is 0 Å². The molecule has 0 aliphatic rings. The molecule has 210 valence electrons. The molecule has 37 heavy (non-hydrogen) atoms. The van der Waals surface area contributed by atoms with Crippen molar-refractivity contribution in [1.82, 2.24) is 4.90 Å². The second kappa shape index (κ2) is 20.3. The smallest absolute Gasteiger partial charge is 0.323 e. The predicted molar refractivity (Wildman–Crippen MR) is 144 cm³/mol. The highest BCUT2D eigenvalue weighted by molar-refractivity contribution is 5.98. The van der Waals surface area contributed by atoms with Crippen molar-refractivity contribution in [2.45, 2.75) is 110 Å². The molecule has 0 heterocycles. The Morgan fingerprint density at radius 2 is 1.11 bits per heavy atom. The Hall–Kier alpha value is -2.77. The van der Waals surface area contributed by atoms with Crippen LogP contribution in [0.3, 0.4) is 0 Å². The van der Waals surface area contributed by atoms with E-state index in [1.54, 1.807) is 0 Å². The van der Waals surface area contributed by atoms with Gasteiger partial charge in [0.15, 0.2) is 0 Å². The molecule has 0 spiro atoms. The van der Waals surface area contributed by atoms with Crippen LogP contribution in [0, 0.1) is 0 Å². The third kappa shape index (κ3) is 16.6. The number of hydrogen-bond donors (Lipinski definition) is 3. The summed E-state index contributed by atoms with van der Waals surface area (Å²) in [5.41, 5.74) is -0.0236. The van der Waals surface area contributed by atoms with Gasteiger partial charge in [-0.1, -0.05) is 103 Å². The zero-order chi connectivity index (χ0) is 27.3. The monoisotopic (exact) mass is 521 g/mol. The average Bonchev–Trinajstić information content (AvgIpc) is 2.84. The van der Waals surface area contributed by atoms with Crippen LogP contribution in [0.15, 0.2) is 18.2 Å². The molecule has 1 aromatic rings. The maximum absolute atomic E-state index is 12.6. The van der Waals surface area contributed by atoms with Crippen LogP contribution in [-0.4, -0.2) is 57.8 Å². The van der Waals surface area contributed by atoms with Crippen LogP contribution < -0.4 is 4.74 Å². The van der Waals surface area contributed by atoms with Crippen LogP contribution in [0.5, 0.6) is 11.5 Å². The van der Waals surface area contributed by atoms with Crippen molar-refractivity contribution in [3.05, 3.63) is 23.8 Å². The van der Waals surface area contributed by atoms with Crippen molar-refractivity contribution in [3.8, 4) is 11.5 Å². The van der Waals surface area contributed by atoms with Gasteiger partial charge in [0.1, 0.15) is 24.6 Å². The van der Waals surface area contributed by atoms with E-state index in [4.69, 9.17) is 14.9 Å². The number of aliphatic carboxylic acids is 2. The standard InChI is InChI=1S/C29H47NO7/c1-2-3-4-5-6-7-8-9-10-11-12-13-14-15-16-17-18-37-26-20-24(19-25(31)21-26)29(36)30(22-27(32)33)23-28(34)35/h19-21,31H,2-18,22-23H2,1H3,(H,32,33)(H,34,35). The SMILES string of the molecule is CCCCCCCCCCCCCCCCCCOc1cc(O)cc(C(=O)N(CC(=O)O)CC(=O)O)c1. The summed E-state index contributed by atoms with van der Waals surface area (Å²) in [6.07, 6.45) is 20.5. The van der Waals surface area contributed by atoms with E-state index in [0.29, 0.717) is 11.5 Å². The first kappa shape index (κ1) is 32.3. The minimum Gasteiger partial charge on any atom is -0.508 e. The summed E-state index contributed by atoms with van der Waals surface area (Å²) >= 11 is 0. The number of carboxylic acids is 2. The third-order valence-electron chi connectivity index (χ3n) is 6.34. The summed E-state index contributed by atoms with van der Waals surface area (Å²) < 4.78 is 5.68. The molecule has 0 fully saturated rings. The fourth-order valence-electron chi connectivity index (χ4n) is 4.34. The van der Waals surface area contributed by atoms with E-state index in [9.17, 15) is 19.5 Å². The number of carbonyl (C=O) groups excluding carboxylic acids is 1. The zero-order valence-corrected chi connectivity index (χ0v) is 22.6. The number of amides is 1. The second-order valence-electron chi connectivity index (χ2n) is 9.82. The van der Waals surface area contributed by atoms with Gasteiger partial charge in [0.05, 0.1) is 6.61 Å². The van der Waals surface area contributed by atoms with Crippen LogP contribution in [0.2, 0.25) is 0 Å². The molecule has 8 nitrogen and oxygen atoms in total. The van der Waals surface area contributed by atoms with E-state index in [1.807, 2.05) is 0 Å². The minimum absolute atomic E-state index is 0.0236. The van der Waals surface area contributed by atoms with Crippen molar-refractivity contribution < 1.29 is 34.4 Å².